The van der Waals surface area contributed by atoms with Crippen LogP contribution >= 0.6 is 0 Å². The van der Waals surface area contributed by atoms with Gasteiger partial charge in [0, 0.05) is 6.04 Å². The Balaban J connectivity index is 1.99. The second-order valence-electron chi connectivity index (χ2n) is 3.25. The van der Waals surface area contributed by atoms with Crippen LogP contribution in [0.4, 0.5) is 0 Å². The summed E-state index contributed by atoms with van der Waals surface area (Å²) in [4.78, 5) is 0. The van der Waals surface area contributed by atoms with Gasteiger partial charge in [-0.2, -0.15) is 0 Å². The van der Waals surface area contributed by atoms with E-state index in [0.29, 0.717) is 6.04 Å². The Labute approximate surface area is 50.3 Å². The van der Waals surface area contributed by atoms with Crippen LogP contribution in [0.15, 0.2) is 0 Å². The summed E-state index contributed by atoms with van der Waals surface area (Å²) < 4.78 is 0. The van der Waals surface area contributed by atoms with Crippen molar-refractivity contribution < 1.29 is 0 Å². The zero-order valence-corrected chi connectivity index (χ0v) is 5.14. The van der Waals surface area contributed by atoms with Crippen LogP contribution in [0.5, 0.6) is 0 Å². The van der Waals surface area contributed by atoms with E-state index < -0.39 is 0 Å². The molecule has 0 amide bonds. The smallest absolute Gasteiger partial charge is 0.00699 e. The normalized spacial score (nSPS) is 52.9. The van der Waals surface area contributed by atoms with Gasteiger partial charge >= 0.3 is 0 Å². The highest BCUT2D eigenvalue weighted by Crippen LogP contribution is 2.48. The molecule has 0 aromatic rings. The number of hydrogen-bond acceptors (Lipinski definition) is 1. The Hall–Kier alpha value is -0.0400. The fourth-order valence-electron chi connectivity index (χ4n) is 1.96. The molecule has 3 atom stereocenters. The summed E-state index contributed by atoms with van der Waals surface area (Å²) in [7, 11) is 0. The largest absolute Gasteiger partial charge is 0.327 e. The number of rotatable bonds is 0. The van der Waals surface area contributed by atoms with E-state index in [-0.39, 0.29) is 0 Å². The van der Waals surface area contributed by atoms with Crippen molar-refractivity contribution in [1.29, 1.82) is 0 Å². The van der Waals surface area contributed by atoms with Crippen molar-refractivity contribution in [2.24, 2.45) is 17.6 Å². The van der Waals surface area contributed by atoms with Gasteiger partial charge < -0.3 is 5.73 Å². The van der Waals surface area contributed by atoms with E-state index in [2.05, 4.69) is 0 Å². The van der Waals surface area contributed by atoms with Crippen molar-refractivity contribution in [2.75, 3.05) is 0 Å². The van der Waals surface area contributed by atoms with E-state index in [9.17, 15) is 0 Å². The Morgan fingerprint density at radius 2 is 2.12 bits per heavy atom. The van der Waals surface area contributed by atoms with Crippen LogP contribution in [0.1, 0.15) is 25.7 Å². The van der Waals surface area contributed by atoms with Crippen LogP contribution in [0.2, 0.25) is 0 Å². The third-order valence-corrected chi connectivity index (χ3v) is 2.64. The first-order valence-corrected chi connectivity index (χ1v) is 3.63. The van der Waals surface area contributed by atoms with Crippen LogP contribution in [0.3, 0.4) is 0 Å². The van der Waals surface area contributed by atoms with Crippen LogP contribution in [-0.4, -0.2) is 6.04 Å². The van der Waals surface area contributed by atoms with Gasteiger partial charge in [0.05, 0.1) is 0 Å². The molecule has 0 saturated heterocycles. The molecule has 0 spiro atoms. The van der Waals surface area contributed by atoms with Crippen LogP contribution < -0.4 is 5.73 Å². The molecule has 1 nitrogen and oxygen atoms in total. The summed E-state index contributed by atoms with van der Waals surface area (Å²) in [6, 6.07) is 0.578. The van der Waals surface area contributed by atoms with Crippen LogP contribution in [0, 0.1) is 11.8 Å². The Morgan fingerprint density at radius 1 is 1.25 bits per heavy atom. The molecule has 0 bridgehead atoms. The molecule has 0 aromatic heterocycles. The molecule has 2 fully saturated rings. The van der Waals surface area contributed by atoms with Gasteiger partial charge in [-0.25, -0.2) is 0 Å². The molecule has 0 unspecified atom stereocenters. The van der Waals surface area contributed by atoms with Crippen molar-refractivity contribution in [3.8, 4) is 0 Å². The molecule has 2 aliphatic carbocycles. The van der Waals surface area contributed by atoms with Gasteiger partial charge in [-0.1, -0.05) is 12.8 Å². The quantitative estimate of drug-likeness (QED) is 0.498. The van der Waals surface area contributed by atoms with E-state index in [0.717, 1.165) is 11.8 Å². The summed E-state index contributed by atoms with van der Waals surface area (Å²) in [5, 5.41) is 0. The van der Waals surface area contributed by atoms with Gasteiger partial charge in [-0.05, 0) is 24.7 Å². The maximum atomic E-state index is 5.82. The van der Waals surface area contributed by atoms with E-state index >= 15 is 0 Å². The van der Waals surface area contributed by atoms with Crippen molar-refractivity contribution >= 4 is 0 Å². The average molecular weight is 111 g/mol. The number of nitrogens with two attached hydrogens (primary N) is 1. The SMILES string of the molecule is N[C@@H]1CCC[C@H]2C[C@@H]21. The van der Waals surface area contributed by atoms with E-state index in [1.807, 2.05) is 0 Å². The molecule has 2 N–H and O–H groups in total. The standard InChI is InChI=1S/C7H13N/c8-7-3-1-2-5-4-6(5)7/h5-7H,1-4,8H2/t5-,6-,7+/m0/s1. The Bertz CT molecular complexity index is 101. The highest BCUT2D eigenvalue weighted by atomic mass is 14.7. The van der Waals surface area contributed by atoms with Gasteiger partial charge in [0.2, 0.25) is 0 Å². The molecule has 8 heavy (non-hydrogen) atoms. The molecule has 46 valence electrons. The first kappa shape index (κ1) is 4.80. The molecule has 1 heteroatoms. The molecule has 2 saturated carbocycles. The molecule has 2 rings (SSSR count). The van der Waals surface area contributed by atoms with E-state index in [1.54, 1.807) is 0 Å². The Morgan fingerprint density at radius 3 is 2.75 bits per heavy atom. The second kappa shape index (κ2) is 1.47. The molecule has 0 aliphatic heterocycles. The number of hydrogen-bond donors (Lipinski definition) is 1. The van der Waals surface area contributed by atoms with Crippen molar-refractivity contribution in [1.82, 2.24) is 0 Å². The molecule has 0 heterocycles. The average Bonchev–Trinajstić information content (AvgIpc) is 2.45. The molecule has 2 aliphatic rings. The minimum Gasteiger partial charge on any atom is -0.327 e. The summed E-state index contributed by atoms with van der Waals surface area (Å²) in [6.45, 7) is 0. The van der Waals surface area contributed by atoms with E-state index in [4.69, 9.17) is 5.73 Å². The first-order valence-electron chi connectivity index (χ1n) is 3.63. The van der Waals surface area contributed by atoms with Crippen molar-refractivity contribution in [2.45, 2.75) is 31.7 Å². The third kappa shape index (κ3) is 0.576. The maximum Gasteiger partial charge on any atom is 0.00699 e. The fourth-order valence-corrected chi connectivity index (χ4v) is 1.96. The topological polar surface area (TPSA) is 26.0 Å². The third-order valence-electron chi connectivity index (χ3n) is 2.64. The highest BCUT2D eigenvalue weighted by molar-refractivity contribution is 4.96. The minimum atomic E-state index is 0.578. The lowest BCUT2D eigenvalue weighted by Gasteiger charge is -2.15. The van der Waals surface area contributed by atoms with E-state index in [1.165, 1.54) is 25.7 Å². The van der Waals surface area contributed by atoms with Crippen molar-refractivity contribution in [3.63, 3.8) is 0 Å². The van der Waals surface area contributed by atoms with Crippen LogP contribution in [0.25, 0.3) is 0 Å². The molecule has 0 radical (unpaired) electrons. The van der Waals surface area contributed by atoms with Gasteiger partial charge in [0.15, 0.2) is 0 Å². The monoisotopic (exact) mass is 111 g/mol. The van der Waals surface area contributed by atoms with Gasteiger partial charge in [-0.3, -0.25) is 0 Å². The lowest BCUT2D eigenvalue weighted by atomic mass is 9.96. The van der Waals surface area contributed by atoms with Crippen LogP contribution in [-0.2, 0) is 0 Å². The summed E-state index contributed by atoms with van der Waals surface area (Å²) in [5.74, 6) is 2.00. The highest BCUT2D eigenvalue weighted by Gasteiger charge is 2.43. The molecule has 0 aromatic carbocycles. The fraction of sp³-hybridized carbons (Fsp3) is 1.00. The lowest BCUT2D eigenvalue weighted by Crippen LogP contribution is -2.25. The second-order valence-corrected chi connectivity index (χ2v) is 3.25. The van der Waals surface area contributed by atoms with Gasteiger partial charge in [-0.15, -0.1) is 0 Å². The minimum absolute atomic E-state index is 0.578. The zero-order valence-electron chi connectivity index (χ0n) is 5.14. The summed E-state index contributed by atoms with van der Waals surface area (Å²) in [5.41, 5.74) is 5.82. The van der Waals surface area contributed by atoms with Gasteiger partial charge in [0.25, 0.3) is 0 Å². The lowest BCUT2D eigenvalue weighted by molar-refractivity contribution is 0.419. The summed E-state index contributed by atoms with van der Waals surface area (Å²) in [6.07, 6.45) is 5.60. The van der Waals surface area contributed by atoms with Gasteiger partial charge in [0.1, 0.15) is 0 Å². The number of fused-ring (bicyclic) bond motifs is 1. The van der Waals surface area contributed by atoms with Crippen molar-refractivity contribution in [3.05, 3.63) is 0 Å². The molecular weight excluding hydrogens is 98.1 g/mol. The first-order chi connectivity index (χ1) is 3.88. The zero-order chi connectivity index (χ0) is 5.56. The predicted octanol–water partition coefficient (Wildman–Crippen LogP) is 1.13. The predicted molar refractivity (Wildman–Crippen MR) is 33.4 cm³/mol. The molecular formula is C7H13N. The summed E-state index contributed by atoms with van der Waals surface area (Å²) >= 11 is 0. The maximum absolute atomic E-state index is 5.82. The Kier molecular flexibility index (Phi) is 0.884.